The second kappa shape index (κ2) is 9.43. The first kappa shape index (κ1) is 22.9. The topological polar surface area (TPSA) is 107 Å². The van der Waals surface area contributed by atoms with Crippen molar-refractivity contribution < 1.29 is 33.8 Å². The molecule has 0 aromatic heterocycles. The molecule has 0 amide bonds. The molecule has 0 saturated carbocycles. The highest BCUT2D eigenvalue weighted by Gasteiger charge is 2.44. The summed E-state index contributed by atoms with van der Waals surface area (Å²) >= 11 is 9.83. The zero-order valence-electron chi connectivity index (χ0n) is 14.7. The number of ether oxygens (including phenoxy) is 2. The fraction of sp³-hybridized carbons (Fsp3) is 0.333. The van der Waals surface area contributed by atoms with E-state index in [1.165, 1.54) is 6.92 Å². The molecule has 1 aromatic carbocycles. The molecule has 1 unspecified atom stereocenters. The van der Waals surface area contributed by atoms with Crippen LogP contribution in [0.4, 0.5) is 0 Å². The van der Waals surface area contributed by atoms with Gasteiger partial charge in [0, 0.05) is 19.0 Å². The summed E-state index contributed by atoms with van der Waals surface area (Å²) in [5.74, 6) is -4.60. The van der Waals surface area contributed by atoms with Crippen LogP contribution in [0.25, 0.3) is 0 Å². The number of carbonyl (C=O) groups is 4. The average Bonchev–Trinajstić information content (AvgIpc) is 2.60. The van der Waals surface area contributed by atoms with Crippen LogP contribution in [0.1, 0.15) is 30.6 Å². The normalized spacial score (nSPS) is 20.1. The third-order valence-corrected chi connectivity index (χ3v) is 5.76. The molecule has 3 atom stereocenters. The number of aliphatic hydroxyl groups excluding tert-OH is 1. The Kier molecular flexibility index (Phi) is 7.72. The number of cyclic esters (lactones) is 1. The van der Waals surface area contributed by atoms with Crippen molar-refractivity contribution in [2.45, 2.75) is 32.5 Å². The second-order valence-corrected chi connectivity index (χ2v) is 8.56. The molecule has 1 aliphatic heterocycles. The number of Topliss-reactive ketones (excluding diaryl/α,β-unsaturated/α-hetero) is 2. The molecule has 150 valence electrons. The third kappa shape index (κ3) is 4.79. The van der Waals surface area contributed by atoms with Gasteiger partial charge in [-0.25, -0.2) is 9.59 Å². The maximum Gasteiger partial charge on any atom is 0.341 e. The lowest BCUT2D eigenvalue weighted by atomic mass is 9.83. The van der Waals surface area contributed by atoms with Gasteiger partial charge < -0.3 is 14.6 Å². The number of halogens is 3. The first-order valence-electron chi connectivity index (χ1n) is 8.07. The molecule has 0 fully saturated rings. The SMILES string of the molecule is CC[C@@H](OC(=O)c1c(Br)cc(Br)cc1Br)C(=O)[C@@H]1C(C(C)=O)=COC(=O)C1O. The summed E-state index contributed by atoms with van der Waals surface area (Å²) in [6, 6.07) is 3.28. The molecule has 0 bridgehead atoms. The van der Waals surface area contributed by atoms with Crippen molar-refractivity contribution in [1.29, 1.82) is 0 Å². The number of hydrogen-bond acceptors (Lipinski definition) is 7. The lowest BCUT2D eigenvalue weighted by Gasteiger charge is -2.28. The first-order chi connectivity index (χ1) is 13.1. The van der Waals surface area contributed by atoms with E-state index in [1.807, 2.05) is 0 Å². The minimum Gasteiger partial charge on any atom is -0.451 e. The van der Waals surface area contributed by atoms with Gasteiger partial charge in [0.25, 0.3) is 0 Å². The van der Waals surface area contributed by atoms with Gasteiger partial charge in [0.2, 0.25) is 0 Å². The highest BCUT2D eigenvalue weighted by molar-refractivity contribution is 9.11. The molecule has 1 aromatic rings. The van der Waals surface area contributed by atoms with E-state index >= 15 is 0 Å². The lowest BCUT2D eigenvalue weighted by molar-refractivity contribution is -0.157. The van der Waals surface area contributed by atoms with Crippen molar-refractivity contribution in [3.63, 3.8) is 0 Å². The Hall–Kier alpha value is -1.36. The molecule has 1 aliphatic rings. The zero-order valence-corrected chi connectivity index (χ0v) is 19.5. The average molecular weight is 583 g/mol. The Labute approximate surface area is 185 Å². The number of ketones is 2. The van der Waals surface area contributed by atoms with Crippen LogP contribution in [-0.4, -0.2) is 40.8 Å². The van der Waals surface area contributed by atoms with Crippen molar-refractivity contribution in [1.82, 2.24) is 0 Å². The molecule has 1 heterocycles. The Bertz CT molecular complexity index is 855. The molecule has 0 radical (unpaired) electrons. The van der Waals surface area contributed by atoms with Crippen molar-refractivity contribution in [2.24, 2.45) is 5.92 Å². The number of hydrogen-bond donors (Lipinski definition) is 1. The van der Waals surface area contributed by atoms with Crippen LogP contribution in [0.3, 0.4) is 0 Å². The van der Waals surface area contributed by atoms with Crippen LogP contribution < -0.4 is 0 Å². The molecule has 0 saturated heterocycles. The largest absolute Gasteiger partial charge is 0.451 e. The van der Waals surface area contributed by atoms with E-state index in [-0.39, 0.29) is 17.6 Å². The van der Waals surface area contributed by atoms with E-state index in [0.717, 1.165) is 6.26 Å². The van der Waals surface area contributed by atoms with Gasteiger partial charge in [0.1, 0.15) is 6.26 Å². The quantitative estimate of drug-likeness (QED) is 0.512. The minimum absolute atomic E-state index is 0.0831. The summed E-state index contributed by atoms with van der Waals surface area (Å²) in [6.45, 7) is 2.78. The van der Waals surface area contributed by atoms with Gasteiger partial charge in [-0.2, -0.15) is 0 Å². The number of carbonyl (C=O) groups excluding carboxylic acids is 4. The maximum atomic E-state index is 12.9. The number of aliphatic hydroxyl groups is 1. The monoisotopic (exact) mass is 580 g/mol. The Morgan fingerprint density at radius 1 is 1.21 bits per heavy atom. The van der Waals surface area contributed by atoms with Crippen molar-refractivity contribution >= 4 is 71.3 Å². The Morgan fingerprint density at radius 2 is 1.79 bits per heavy atom. The predicted molar refractivity (Wildman–Crippen MR) is 108 cm³/mol. The van der Waals surface area contributed by atoms with E-state index in [9.17, 15) is 24.3 Å². The van der Waals surface area contributed by atoms with Crippen molar-refractivity contribution in [3.05, 3.63) is 42.9 Å². The van der Waals surface area contributed by atoms with Gasteiger partial charge in [-0.3, -0.25) is 9.59 Å². The van der Waals surface area contributed by atoms with Gasteiger partial charge in [0.05, 0.1) is 11.5 Å². The smallest absolute Gasteiger partial charge is 0.341 e. The van der Waals surface area contributed by atoms with Gasteiger partial charge in [-0.1, -0.05) is 22.9 Å². The molecule has 0 spiro atoms. The van der Waals surface area contributed by atoms with Gasteiger partial charge in [-0.15, -0.1) is 0 Å². The Balaban J connectivity index is 2.32. The van der Waals surface area contributed by atoms with Crippen molar-refractivity contribution in [2.75, 3.05) is 0 Å². The summed E-state index contributed by atoms with van der Waals surface area (Å²) in [5.41, 5.74) is 0.0120. The van der Waals surface area contributed by atoms with E-state index in [0.29, 0.717) is 13.4 Å². The molecule has 2 rings (SSSR count). The van der Waals surface area contributed by atoms with Crippen LogP contribution in [0, 0.1) is 5.92 Å². The summed E-state index contributed by atoms with van der Waals surface area (Å²) < 4.78 is 11.5. The van der Waals surface area contributed by atoms with E-state index < -0.39 is 41.6 Å². The number of rotatable bonds is 6. The molecular formula is C18H15Br3O7. The van der Waals surface area contributed by atoms with Gasteiger partial charge >= 0.3 is 11.9 Å². The Morgan fingerprint density at radius 3 is 2.29 bits per heavy atom. The maximum absolute atomic E-state index is 12.9. The fourth-order valence-corrected chi connectivity index (χ4v) is 5.23. The van der Waals surface area contributed by atoms with Crippen LogP contribution in [0.2, 0.25) is 0 Å². The van der Waals surface area contributed by atoms with Crippen molar-refractivity contribution in [3.8, 4) is 0 Å². The van der Waals surface area contributed by atoms with E-state index in [2.05, 4.69) is 52.5 Å². The van der Waals surface area contributed by atoms with Crippen LogP contribution in [0.5, 0.6) is 0 Å². The third-order valence-electron chi connectivity index (χ3n) is 4.06. The summed E-state index contributed by atoms with van der Waals surface area (Å²) in [6.07, 6.45) is -2.19. The zero-order chi connectivity index (χ0) is 21.2. The molecule has 28 heavy (non-hydrogen) atoms. The standard InChI is InChI=1S/C18H15Br3O7/c1-3-12(28-17(25)14-10(20)4-8(19)5-11(14)21)15(23)13-9(7(2)22)6-27-18(26)16(13)24/h4-6,12-13,16,24H,3H2,1-2H3/t12-,13+,16?/m1/s1. The first-order valence-corrected chi connectivity index (χ1v) is 10.4. The molecule has 7 nitrogen and oxygen atoms in total. The minimum atomic E-state index is -1.85. The van der Waals surface area contributed by atoms with E-state index in [1.54, 1.807) is 19.1 Å². The molecule has 10 heteroatoms. The number of benzene rings is 1. The lowest BCUT2D eigenvalue weighted by Crippen LogP contribution is -2.46. The highest BCUT2D eigenvalue weighted by Crippen LogP contribution is 2.32. The number of esters is 2. The summed E-state index contributed by atoms with van der Waals surface area (Å²) in [7, 11) is 0. The van der Waals surface area contributed by atoms with Gasteiger partial charge in [0.15, 0.2) is 23.8 Å². The van der Waals surface area contributed by atoms with Crippen LogP contribution >= 0.6 is 47.8 Å². The second-order valence-electron chi connectivity index (χ2n) is 5.94. The molecular weight excluding hydrogens is 568 g/mol. The summed E-state index contributed by atoms with van der Waals surface area (Å²) in [5, 5.41) is 10.1. The fourth-order valence-electron chi connectivity index (χ4n) is 2.65. The van der Waals surface area contributed by atoms with Gasteiger partial charge in [-0.05, 0) is 57.3 Å². The molecule has 0 aliphatic carbocycles. The van der Waals surface area contributed by atoms with Crippen LogP contribution in [0.15, 0.2) is 37.4 Å². The highest BCUT2D eigenvalue weighted by atomic mass is 79.9. The van der Waals surface area contributed by atoms with E-state index in [4.69, 9.17) is 4.74 Å². The predicted octanol–water partition coefficient (Wildman–Crippen LogP) is 3.49. The van der Waals surface area contributed by atoms with Crippen LogP contribution in [-0.2, 0) is 23.9 Å². The summed E-state index contributed by atoms with van der Waals surface area (Å²) in [4.78, 5) is 49.0. The molecule has 1 N–H and O–H groups in total.